The molecule has 0 saturated carbocycles. The van der Waals surface area contributed by atoms with Gasteiger partial charge in [0.15, 0.2) is 0 Å². The van der Waals surface area contributed by atoms with Gasteiger partial charge in [0.25, 0.3) is 5.56 Å². The maximum atomic E-state index is 12.4. The number of nitrogens with one attached hydrogen (secondary N) is 1. The molecule has 0 spiro atoms. The minimum Gasteiger partial charge on any atom is -0.493 e. The van der Waals surface area contributed by atoms with Gasteiger partial charge in [-0.2, -0.15) is 0 Å². The standard InChI is InChI=1S/C19H15NO2/c21-19-15(10-9-13-5-2-1-3-6-13)14-11-12-22-17-8-4-7-16(20-19)18(14)17/h1-10H,11-12H2,(H,20,21)/b10-9+. The van der Waals surface area contributed by atoms with Gasteiger partial charge < -0.3 is 9.72 Å². The molecule has 3 nitrogen and oxygen atoms in total. The van der Waals surface area contributed by atoms with Crippen molar-refractivity contribution in [3.63, 3.8) is 0 Å². The lowest BCUT2D eigenvalue weighted by atomic mass is 9.97. The molecule has 1 N–H and O–H groups in total. The van der Waals surface area contributed by atoms with Crippen molar-refractivity contribution in [1.82, 2.24) is 4.98 Å². The molecule has 3 heteroatoms. The van der Waals surface area contributed by atoms with E-state index in [9.17, 15) is 4.79 Å². The Bertz CT molecular complexity index is 923. The first-order chi connectivity index (χ1) is 10.8. The average Bonchev–Trinajstić information content (AvgIpc) is 2.56. The Labute approximate surface area is 127 Å². The van der Waals surface area contributed by atoms with Crippen LogP contribution >= 0.6 is 0 Å². The van der Waals surface area contributed by atoms with Crippen LogP contribution in [0.2, 0.25) is 0 Å². The maximum absolute atomic E-state index is 12.4. The fraction of sp³-hybridized carbons (Fsp3) is 0.105. The zero-order valence-electron chi connectivity index (χ0n) is 12.0. The topological polar surface area (TPSA) is 42.1 Å². The molecular formula is C19H15NO2. The van der Waals surface area contributed by atoms with Gasteiger partial charge in [0.05, 0.1) is 12.1 Å². The van der Waals surface area contributed by atoms with E-state index >= 15 is 0 Å². The van der Waals surface area contributed by atoms with Crippen molar-refractivity contribution in [2.75, 3.05) is 6.61 Å². The Kier molecular flexibility index (Phi) is 3.04. The van der Waals surface area contributed by atoms with Gasteiger partial charge in [0, 0.05) is 17.4 Å². The molecular weight excluding hydrogens is 274 g/mol. The molecule has 0 saturated heterocycles. The fourth-order valence-electron chi connectivity index (χ4n) is 2.97. The minimum absolute atomic E-state index is 0.0475. The number of ether oxygens (including phenoxy) is 1. The Morgan fingerprint density at radius 1 is 1.00 bits per heavy atom. The van der Waals surface area contributed by atoms with Gasteiger partial charge in [0.1, 0.15) is 5.75 Å². The molecule has 1 aromatic heterocycles. The zero-order chi connectivity index (χ0) is 14.9. The molecule has 2 heterocycles. The van der Waals surface area contributed by atoms with Crippen molar-refractivity contribution in [2.45, 2.75) is 6.42 Å². The first kappa shape index (κ1) is 12.9. The summed E-state index contributed by atoms with van der Waals surface area (Å²) in [4.78, 5) is 15.4. The van der Waals surface area contributed by atoms with Crippen LogP contribution in [0.3, 0.4) is 0 Å². The number of hydrogen-bond donors (Lipinski definition) is 1. The lowest BCUT2D eigenvalue weighted by Crippen LogP contribution is -2.18. The third-order valence-corrected chi connectivity index (χ3v) is 4.00. The summed E-state index contributed by atoms with van der Waals surface area (Å²) in [6, 6.07) is 15.8. The second-order valence-corrected chi connectivity index (χ2v) is 5.37. The summed E-state index contributed by atoms with van der Waals surface area (Å²) in [5.74, 6) is 0.851. The van der Waals surface area contributed by atoms with Gasteiger partial charge in [0.2, 0.25) is 0 Å². The van der Waals surface area contributed by atoms with Crippen molar-refractivity contribution in [1.29, 1.82) is 0 Å². The van der Waals surface area contributed by atoms with Crippen LogP contribution in [0.5, 0.6) is 5.75 Å². The van der Waals surface area contributed by atoms with Crippen molar-refractivity contribution in [3.05, 3.63) is 75.6 Å². The average molecular weight is 289 g/mol. The smallest absolute Gasteiger partial charge is 0.255 e. The molecule has 0 radical (unpaired) electrons. The summed E-state index contributed by atoms with van der Waals surface area (Å²) < 4.78 is 5.71. The molecule has 2 aromatic carbocycles. The van der Waals surface area contributed by atoms with Crippen molar-refractivity contribution in [2.24, 2.45) is 0 Å². The number of aromatic nitrogens is 1. The molecule has 22 heavy (non-hydrogen) atoms. The number of benzene rings is 2. The number of hydrogen-bond acceptors (Lipinski definition) is 2. The first-order valence-corrected chi connectivity index (χ1v) is 7.37. The molecule has 1 aliphatic heterocycles. The molecule has 108 valence electrons. The van der Waals surface area contributed by atoms with E-state index in [-0.39, 0.29) is 5.56 Å². The third-order valence-electron chi connectivity index (χ3n) is 4.00. The van der Waals surface area contributed by atoms with Gasteiger partial charge >= 0.3 is 0 Å². The Hall–Kier alpha value is -2.81. The lowest BCUT2D eigenvalue weighted by molar-refractivity contribution is 0.318. The van der Waals surface area contributed by atoms with Gasteiger partial charge in [-0.25, -0.2) is 0 Å². The molecule has 0 bridgehead atoms. The van der Waals surface area contributed by atoms with Gasteiger partial charge in [-0.3, -0.25) is 4.79 Å². The van der Waals surface area contributed by atoms with E-state index in [0.29, 0.717) is 6.61 Å². The highest BCUT2D eigenvalue weighted by atomic mass is 16.5. The van der Waals surface area contributed by atoms with Crippen molar-refractivity contribution < 1.29 is 4.74 Å². The Balaban J connectivity index is 1.92. The van der Waals surface area contributed by atoms with E-state index in [1.54, 1.807) is 0 Å². The SMILES string of the molecule is O=c1[nH]c2cccc3c2c(c1/C=C/c1ccccc1)CCO3. The molecule has 0 aliphatic carbocycles. The van der Waals surface area contributed by atoms with Crippen molar-refractivity contribution in [3.8, 4) is 5.75 Å². The summed E-state index contributed by atoms with van der Waals surface area (Å²) in [7, 11) is 0. The molecule has 3 aromatic rings. The quantitative estimate of drug-likeness (QED) is 0.782. The second-order valence-electron chi connectivity index (χ2n) is 5.37. The van der Waals surface area contributed by atoms with Crippen molar-refractivity contribution >= 4 is 23.1 Å². The summed E-state index contributed by atoms with van der Waals surface area (Å²) in [6.07, 6.45) is 4.64. The third kappa shape index (κ3) is 2.11. The number of pyridine rings is 1. The fourth-order valence-corrected chi connectivity index (χ4v) is 2.97. The van der Waals surface area contributed by atoms with Gasteiger partial charge in [-0.05, 0) is 29.3 Å². The van der Waals surface area contributed by atoms with E-state index in [1.807, 2.05) is 60.7 Å². The van der Waals surface area contributed by atoms with Crippen LogP contribution in [-0.2, 0) is 6.42 Å². The molecule has 0 unspecified atom stereocenters. The summed E-state index contributed by atoms with van der Waals surface area (Å²) in [5, 5.41) is 1.03. The summed E-state index contributed by atoms with van der Waals surface area (Å²) >= 11 is 0. The Morgan fingerprint density at radius 2 is 1.86 bits per heavy atom. The second kappa shape index (κ2) is 5.19. The minimum atomic E-state index is -0.0475. The monoisotopic (exact) mass is 289 g/mol. The van der Waals surface area contributed by atoms with Crippen LogP contribution in [0, 0.1) is 0 Å². The predicted octanol–water partition coefficient (Wildman–Crippen LogP) is 3.63. The highest BCUT2D eigenvalue weighted by Crippen LogP contribution is 2.32. The van der Waals surface area contributed by atoms with Crippen LogP contribution in [0.15, 0.2) is 53.3 Å². The largest absolute Gasteiger partial charge is 0.493 e. The van der Waals surface area contributed by atoms with E-state index in [0.717, 1.165) is 39.8 Å². The lowest BCUT2D eigenvalue weighted by Gasteiger charge is -2.19. The predicted molar refractivity (Wildman–Crippen MR) is 89.1 cm³/mol. The number of H-pyrrole nitrogens is 1. The van der Waals surface area contributed by atoms with Crippen LogP contribution in [-0.4, -0.2) is 11.6 Å². The zero-order valence-corrected chi connectivity index (χ0v) is 12.0. The summed E-state index contributed by atoms with van der Waals surface area (Å²) in [6.45, 7) is 0.613. The van der Waals surface area contributed by atoms with E-state index < -0.39 is 0 Å². The maximum Gasteiger partial charge on any atom is 0.255 e. The van der Waals surface area contributed by atoms with E-state index in [2.05, 4.69) is 4.98 Å². The molecule has 0 atom stereocenters. The van der Waals surface area contributed by atoms with Gasteiger partial charge in [-0.15, -0.1) is 0 Å². The van der Waals surface area contributed by atoms with E-state index in [1.165, 1.54) is 0 Å². The molecule has 4 rings (SSSR count). The molecule has 1 aliphatic rings. The molecule has 0 fully saturated rings. The van der Waals surface area contributed by atoms with Gasteiger partial charge in [-0.1, -0.05) is 42.5 Å². The summed E-state index contributed by atoms with van der Waals surface area (Å²) in [5.41, 5.74) is 3.68. The normalized spacial score (nSPS) is 13.5. The first-order valence-electron chi connectivity index (χ1n) is 7.37. The highest BCUT2D eigenvalue weighted by molar-refractivity contribution is 5.92. The number of rotatable bonds is 2. The van der Waals surface area contributed by atoms with Crippen LogP contribution in [0.25, 0.3) is 23.1 Å². The van der Waals surface area contributed by atoms with Crippen LogP contribution < -0.4 is 10.3 Å². The van der Waals surface area contributed by atoms with E-state index in [4.69, 9.17) is 4.74 Å². The number of aromatic amines is 1. The Morgan fingerprint density at radius 3 is 2.73 bits per heavy atom. The molecule has 0 amide bonds. The van der Waals surface area contributed by atoms with Crippen LogP contribution in [0.4, 0.5) is 0 Å². The highest BCUT2D eigenvalue weighted by Gasteiger charge is 2.18. The van der Waals surface area contributed by atoms with Crippen LogP contribution in [0.1, 0.15) is 16.7 Å².